The van der Waals surface area contributed by atoms with Crippen LogP contribution < -0.4 is 10.2 Å². The van der Waals surface area contributed by atoms with Gasteiger partial charge in [-0.1, -0.05) is 17.7 Å². The van der Waals surface area contributed by atoms with E-state index in [4.69, 9.17) is 11.6 Å². The minimum absolute atomic E-state index is 0.0188. The fraction of sp³-hybridized carbons (Fsp3) is 0.321. The summed E-state index contributed by atoms with van der Waals surface area (Å²) < 4.78 is 2.06. The highest BCUT2D eigenvalue weighted by Crippen LogP contribution is 2.30. The molecule has 2 aliphatic heterocycles. The van der Waals surface area contributed by atoms with Gasteiger partial charge in [0.25, 0.3) is 5.91 Å². The summed E-state index contributed by atoms with van der Waals surface area (Å²) in [6.45, 7) is 2.07. The van der Waals surface area contributed by atoms with Crippen LogP contribution in [0.3, 0.4) is 0 Å². The van der Waals surface area contributed by atoms with Gasteiger partial charge >= 0.3 is 0 Å². The number of amides is 2. The normalized spacial score (nSPS) is 19.9. The number of rotatable bonds is 6. The van der Waals surface area contributed by atoms with Crippen LogP contribution >= 0.6 is 11.6 Å². The molecule has 0 unspecified atom stereocenters. The summed E-state index contributed by atoms with van der Waals surface area (Å²) >= 11 is 6.18. The average Bonchev–Trinajstić information content (AvgIpc) is 3.61. The fourth-order valence-electron chi connectivity index (χ4n) is 5.57. The molecule has 2 saturated heterocycles. The predicted molar refractivity (Wildman–Crippen MR) is 148 cm³/mol. The zero-order chi connectivity index (χ0) is 26.4. The molecule has 10 heteroatoms. The Labute approximate surface area is 226 Å². The van der Waals surface area contributed by atoms with Crippen LogP contribution in [0.15, 0.2) is 61.1 Å². The third kappa shape index (κ3) is 4.47. The number of carbonyl (C=O) groups is 2. The Morgan fingerprint density at radius 1 is 1.18 bits per heavy atom. The smallest absolute Gasteiger partial charge is 0.251 e. The molecule has 2 aromatic heterocycles. The predicted octanol–water partition coefficient (Wildman–Crippen LogP) is 3.64. The first-order chi connectivity index (χ1) is 18.4. The minimum Gasteiger partial charge on any atom is -0.360 e. The summed E-state index contributed by atoms with van der Waals surface area (Å²) in [7, 11) is 4.03. The first-order valence-electron chi connectivity index (χ1n) is 12.8. The lowest BCUT2D eigenvalue weighted by Gasteiger charge is -2.34. The van der Waals surface area contributed by atoms with Gasteiger partial charge < -0.3 is 19.8 Å². The van der Waals surface area contributed by atoms with Crippen LogP contribution in [0.25, 0.3) is 16.6 Å². The number of aromatic amines is 1. The maximum absolute atomic E-state index is 13.6. The number of anilines is 1. The van der Waals surface area contributed by atoms with Crippen molar-refractivity contribution in [3.63, 3.8) is 0 Å². The zero-order valence-corrected chi connectivity index (χ0v) is 22.2. The molecular weight excluding hydrogens is 502 g/mol. The van der Waals surface area contributed by atoms with E-state index >= 15 is 0 Å². The molecule has 0 saturated carbocycles. The molecule has 6 rings (SSSR count). The molecule has 0 spiro atoms. The molecule has 9 nitrogen and oxygen atoms in total. The molecule has 2 aromatic carbocycles. The Kier molecular flexibility index (Phi) is 6.43. The SMILES string of the molecule is CN(C)Cc1nccn1-c1ccc(N2CN3CCC[C@@H](NC(=O)c4ccc5c(Cl)c[nH]c5c4)[C@H]3C2=O)cc1. The van der Waals surface area contributed by atoms with E-state index in [2.05, 4.69) is 29.7 Å². The van der Waals surface area contributed by atoms with Crippen molar-refractivity contribution in [3.05, 3.63) is 77.5 Å². The summed E-state index contributed by atoms with van der Waals surface area (Å²) in [6, 6.07) is 12.8. The van der Waals surface area contributed by atoms with Crippen LogP contribution in [0, 0.1) is 0 Å². The topological polar surface area (TPSA) is 89.5 Å². The molecule has 2 aliphatic rings. The van der Waals surface area contributed by atoms with Gasteiger partial charge in [0, 0.05) is 53.0 Å². The average molecular weight is 532 g/mol. The highest BCUT2D eigenvalue weighted by Gasteiger charge is 2.46. The van der Waals surface area contributed by atoms with E-state index in [0.717, 1.165) is 54.0 Å². The Morgan fingerprint density at radius 2 is 1.97 bits per heavy atom. The largest absolute Gasteiger partial charge is 0.360 e. The minimum atomic E-state index is -0.378. The number of nitrogens with zero attached hydrogens (tertiary/aromatic N) is 5. The van der Waals surface area contributed by atoms with E-state index in [9.17, 15) is 9.59 Å². The molecule has 2 amide bonds. The van der Waals surface area contributed by atoms with E-state index < -0.39 is 0 Å². The van der Waals surface area contributed by atoms with E-state index in [0.29, 0.717) is 17.3 Å². The highest BCUT2D eigenvalue weighted by molar-refractivity contribution is 6.35. The van der Waals surface area contributed by atoms with E-state index in [-0.39, 0.29) is 23.9 Å². The number of imidazole rings is 1. The number of halogens is 1. The number of hydrogen-bond acceptors (Lipinski definition) is 5. The first kappa shape index (κ1) is 24.7. The van der Waals surface area contributed by atoms with Crippen molar-refractivity contribution >= 4 is 40.0 Å². The number of piperidine rings is 1. The van der Waals surface area contributed by atoms with Crippen LogP contribution in [-0.4, -0.2) is 75.5 Å². The van der Waals surface area contributed by atoms with Crippen molar-refractivity contribution in [1.29, 1.82) is 0 Å². The lowest BCUT2D eigenvalue weighted by atomic mass is 9.96. The van der Waals surface area contributed by atoms with Gasteiger partial charge in [-0.2, -0.15) is 0 Å². The number of benzene rings is 2. The maximum Gasteiger partial charge on any atom is 0.251 e. The molecular formula is C28H30ClN7O2. The lowest BCUT2D eigenvalue weighted by Crippen LogP contribution is -2.55. The Morgan fingerprint density at radius 3 is 2.76 bits per heavy atom. The number of hydrogen-bond donors (Lipinski definition) is 2. The van der Waals surface area contributed by atoms with Crippen LogP contribution in [0.4, 0.5) is 5.69 Å². The molecule has 2 atom stereocenters. The molecule has 2 fully saturated rings. The molecule has 4 heterocycles. The first-order valence-corrected chi connectivity index (χ1v) is 13.2. The van der Waals surface area contributed by atoms with Gasteiger partial charge in [-0.15, -0.1) is 0 Å². The van der Waals surface area contributed by atoms with Crippen molar-refractivity contribution in [2.75, 3.05) is 32.2 Å². The van der Waals surface area contributed by atoms with Gasteiger partial charge in [0.2, 0.25) is 5.91 Å². The summed E-state index contributed by atoms with van der Waals surface area (Å²) in [5, 5.41) is 4.64. The van der Waals surface area contributed by atoms with Gasteiger partial charge in [-0.25, -0.2) is 4.98 Å². The molecule has 38 heavy (non-hydrogen) atoms. The molecule has 0 radical (unpaired) electrons. The fourth-order valence-corrected chi connectivity index (χ4v) is 5.79. The van der Waals surface area contributed by atoms with E-state index in [1.54, 1.807) is 24.5 Å². The second-order valence-electron chi connectivity index (χ2n) is 10.3. The molecule has 2 N–H and O–H groups in total. The summed E-state index contributed by atoms with van der Waals surface area (Å²) in [4.78, 5) is 40.4. The van der Waals surface area contributed by atoms with Gasteiger partial charge in [0.1, 0.15) is 11.9 Å². The van der Waals surface area contributed by atoms with Gasteiger partial charge in [-0.3, -0.25) is 19.4 Å². The summed E-state index contributed by atoms with van der Waals surface area (Å²) in [5.74, 6) is 0.786. The van der Waals surface area contributed by atoms with Crippen molar-refractivity contribution < 1.29 is 9.59 Å². The van der Waals surface area contributed by atoms with E-state index in [1.807, 2.05) is 55.5 Å². The number of nitrogens with one attached hydrogen (secondary N) is 2. The van der Waals surface area contributed by atoms with Crippen molar-refractivity contribution in [2.24, 2.45) is 0 Å². The van der Waals surface area contributed by atoms with Gasteiger partial charge in [0.15, 0.2) is 0 Å². The molecule has 4 aromatic rings. The van der Waals surface area contributed by atoms with Crippen molar-refractivity contribution in [1.82, 2.24) is 29.7 Å². The zero-order valence-electron chi connectivity index (χ0n) is 21.4. The molecule has 196 valence electrons. The maximum atomic E-state index is 13.6. The summed E-state index contributed by atoms with van der Waals surface area (Å²) in [6.07, 6.45) is 7.14. The lowest BCUT2D eigenvalue weighted by molar-refractivity contribution is -0.121. The molecule has 0 aliphatic carbocycles. The monoisotopic (exact) mass is 531 g/mol. The number of aromatic nitrogens is 3. The third-order valence-electron chi connectivity index (χ3n) is 7.40. The van der Waals surface area contributed by atoms with Gasteiger partial charge in [0.05, 0.1) is 24.3 Å². The highest BCUT2D eigenvalue weighted by atomic mass is 35.5. The summed E-state index contributed by atoms with van der Waals surface area (Å²) in [5.41, 5.74) is 3.20. The Bertz CT molecular complexity index is 1490. The Hall–Kier alpha value is -3.66. The standard InChI is InChI=1S/C28H30ClN7O2/c1-33(2)16-25-30-11-13-35(25)19-6-8-20(9-7-19)36-17-34-12-3-4-23(26(34)28(36)38)32-27(37)18-5-10-21-22(29)15-31-24(21)14-18/h5-11,13-15,23,26,31H,3-4,12,16-17H2,1-2H3,(H,32,37)/t23-,26+/m1/s1. The van der Waals surface area contributed by atoms with Crippen LogP contribution in [0.5, 0.6) is 0 Å². The van der Waals surface area contributed by atoms with Crippen LogP contribution in [-0.2, 0) is 11.3 Å². The van der Waals surface area contributed by atoms with E-state index in [1.165, 1.54) is 0 Å². The van der Waals surface area contributed by atoms with Crippen LogP contribution in [0.2, 0.25) is 5.02 Å². The van der Waals surface area contributed by atoms with Crippen LogP contribution in [0.1, 0.15) is 29.0 Å². The van der Waals surface area contributed by atoms with Crippen molar-refractivity contribution in [2.45, 2.75) is 31.5 Å². The van der Waals surface area contributed by atoms with Gasteiger partial charge in [-0.05, 0) is 63.3 Å². The van der Waals surface area contributed by atoms with Crippen molar-refractivity contribution in [3.8, 4) is 5.69 Å². The Balaban J connectivity index is 1.18. The molecule has 0 bridgehead atoms. The quantitative estimate of drug-likeness (QED) is 0.396. The second-order valence-corrected chi connectivity index (χ2v) is 10.7. The number of carbonyl (C=O) groups excluding carboxylic acids is 2. The third-order valence-corrected chi connectivity index (χ3v) is 7.71. The number of fused-ring (bicyclic) bond motifs is 2. The second kappa shape index (κ2) is 9.90. The number of H-pyrrole nitrogens is 1.